The van der Waals surface area contributed by atoms with Crippen LogP contribution in [0.15, 0.2) is 41.3 Å². The van der Waals surface area contributed by atoms with E-state index in [0.717, 1.165) is 5.56 Å². The Labute approximate surface area is 176 Å². The zero-order valence-corrected chi connectivity index (χ0v) is 18.3. The van der Waals surface area contributed by atoms with Gasteiger partial charge in [0.05, 0.1) is 28.8 Å². The summed E-state index contributed by atoms with van der Waals surface area (Å²) in [5.74, 6) is 1.21. The van der Waals surface area contributed by atoms with Crippen molar-refractivity contribution in [1.29, 1.82) is 0 Å². The van der Waals surface area contributed by atoms with Gasteiger partial charge in [0.2, 0.25) is 6.79 Å². The van der Waals surface area contributed by atoms with E-state index in [9.17, 15) is 16.8 Å². The fourth-order valence-electron chi connectivity index (χ4n) is 3.81. The molecule has 0 spiro atoms. The van der Waals surface area contributed by atoms with Crippen molar-refractivity contribution in [3.05, 3.63) is 47.5 Å². The van der Waals surface area contributed by atoms with Crippen LogP contribution in [0.1, 0.15) is 11.1 Å². The molecule has 8 nitrogen and oxygen atoms in total. The van der Waals surface area contributed by atoms with E-state index in [0.29, 0.717) is 29.4 Å². The molecule has 0 saturated carbocycles. The lowest BCUT2D eigenvalue weighted by molar-refractivity contribution is 0.174. The third-order valence-electron chi connectivity index (χ3n) is 5.40. The highest BCUT2D eigenvalue weighted by Crippen LogP contribution is 2.33. The Morgan fingerprint density at radius 1 is 1.10 bits per heavy atom. The topological polar surface area (TPSA) is 108 Å². The first-order valence-corrected chi connectivity index (χ1v) is 12.8. The number of methoxy groups -OCH3 is 1. The van der Waals surface area contributed by atoms with Crippen molar-refractivity contribution in [2.45, 2.75) is 29.7 Å². The highest BCUT2D eigenvalue weighted by molar-refractivity contribution is 7.96. The maximum absolute atomic E-state index is 13.3. The Hall–Kier alpha value is -2.30. The van der Waals surface area contributed by atoms with Crippen molar-refractivity contribution in [2.24, 2.45) is 0 Å². The molecule has 1 N–H and O–H groups in total. The van der Waals surface area contributed by atoms with Crippen LogP contribution in [0.4, 0.5) is 0 Å². The normalized spacial score (nSPS) is 22.2. The lowest BCUT2D eigenvalue weighted by Gasteiger charge is -2.20. The molecule has 0 unspecified atom stereocenters. The van der Waals surface area contributed by atoms with Crippen LogP contribution in [0, 0.1) is 6.92 Å². The van der Waals surface area contributed by atoms with E-state index in [2.05, 4.69) is 5.32 Å². The third-order valence-corrected chi connectivity index (χ3v) is 9.55. The van der Waals surface area contributed by atoms with Gasteiger partial charge in [0, 0.05) is 12.6 Å². The summed E-state index contributed by atoms with van der Waals surface area (Å²) in [5, 5.41) is 2.06. The molecule has 2 aliphatic rings. The number of hydrogen-bond donors (Lipinski definition) is 1. The van der Waals surface area contributed by atoms with Gasteiger partial charge in [-0.1, -0.05) is 6.07 Å². The largest absolute Gasteiger partial charge is 0.496 e. The Kier molecular flexibility index (Phi) is 5.41. The van der Waals surface area contributed by atoms with Crippen LogP contribution in [0.3, 0.4) is 0 Å². The molecule has 30 heavy (non-hydrogen) atoms. The molecule has 162 valence electrons. The van der Waals surface area contributed by atoms with Crippen molar-refractivity contribution in [3.63, 3.8) is 0 Å². The predicted molar refractivity (Wildman–Crippen MR) is 111 cm³/mol. The molecule has 2 aromatic rings. The number of ether oxygens (including phenoxy) is 3. The summed E-state index contributed by atoms with van der Waals surface area (Å²) in [7, 11) is -5.84. The number of rotatable bonds is 6. The van der Waals surface area contributed by atoms with Gasteiger partial charge in [-0.25, -0.2) is 16.8 Å². The predicted octanol–water partition coefficient (Wildman–Crippen LogP) is 1.46. The Bertz CT molecular complexity index is 1180. The third kappa shape index (κ3) is 3.99. The van der Waals surface area contributed by atoms with Gasteiger partial charge in [0.15, 0.2) is 31.2 Å². The summed E-state index contributed by atoms with van der Waals surface area (Å²) in [5.41, 5.74) is 1.52. The molecule has 4 rings (SSSR count). The van der Waals surface area contributed by atoms with E-state index in [1.54, 1.807) is 25.1 Å². The molecule has 0 aliphatic carbocycles. The van der Waals surface area contributed by atoms with Crippen molar-refractivity contribution >= 4 is 19.7 Å². The van der Waals surface area contributed by atoms with Gasteiger partial charge in [-0.2, -0.15) is 0 Å². The van der Waals surface area contributed by atoms with E-state index >= 15 is 0 Å². The van der Waals surface area contributed by atoms with Crippen molar-refractivity contribution in [1.82, 2.24) is 5.32 Å². The second-order valence-corrected chi connectivity index (χ2v) is 11.8. The minimum atomic E-state index is -3.86. The zero-order valence-electron chi connectivity index (χ0n) is 16.6. The average molecular weight is 454 g/mol. The molecule has 0 radical (unpaired) electrons. The minimum Gasteiger partial charge on any atom is -0.496 e. The van der Waals surface area contributed by atoms with Crippen LogP contribution in [0.25, 0.3) is 0 Å². The number of sulfone groups is 2. The number of nitrogens with one attached hydrogen (secondary N) is 1. The van der Waals surface area contributed by atoms with Crippen LogP contribution in [0.5, 0.6) is 17.2 Å². The molecular formula is C20H23NO7S2. The fourth-order valence-corrected chi connectivity index (χ4v) is 8.61. The summed E-state index contributed by atoms with van der Waals surface area (Å²) >= 11 is 0. The van der Waals surface area contributed by atoms with E-state index in [-0.39, 0.29) is 17.4 Å². The van der Waals surface area contributed by atoms with E-state index in [4.69, 9.17) is 14.2 Å². The van der Waals surface area contributed by atoms with Gasteiger partial charge in [0.25, 0.3) is 0 Å². The average Bonchev–Trinajstić information content (AvgIpc) is 3.29. The quantitative estimate of drug-likeness (QED) is 0.701. The van der Waals surface area contributed by atoms with Crippen molar-refractivity contribution < 1.29 is 31.0 Å². The molecule has 0 aromatic heterocycles. The number of hydrogen-bond acceptors (Lipinski definition) is 8. The molecule has 0 amide bonds. The first-order chi connectivity index (χ1) is 14.2. The first-order valence-electron chi connectivity index (χ1n) is 9.40. The molecule has 1 fully saturated rings. The van der Waals surface area contributed by atoms with Crippen LogP contribution < -0.4 is 19.5 Å². The van der Waals surface area contributed by atoms with Gasteiger partial charge >= 0.3 is 0 Å². The van der Waals surface area contributed by atoms with Gasteiger partial charge in [0.1, 0.15) is 5.75 Å². The maximum atomic E-state index is 13.3. The summed E-state index contributed by atoms with van der Waals surface area (Å²) < 4.78 is 67.0. The summed E-state index contributed by atoms with van der Waals surface area (Å²) in [6.07, 6.45) is 0. The van der Waals surface area contributed by atoms with Crippen molar-refractivity contribution in [3.8, 4) is 17.2 Å². The SMILES string of the molecule is COc1ccc(S(=O)(=O)[C@@H]2CS(=O)(=O)C[C@H]2NCc2ccc3c(c2)OCO3)cc1C. The van der Waals surface area contributed by atoms with Crippen LogP contribution in [0.2, 0.25) is 0 Å². The fraction of sp³-hybridized carbons (Fsp3) is 0.400. The molecule has 2 atom stereocenters. The molecule has 2 aromatic carbocycles. The monoisotopic (exact) mass is 453 g/mol. The summed E-state index contributed by atoms with van der Waals surface area (Å²) in [6, 6.07) is 9.26. The minimum absolute atomic E-state index is 0.0952. The summed E-state index contributed by atoms with van der Waals surface area (Å²) in [6.45, 7) is 2.22. The molecular weight excluding hydrogens is 430 g/mol. The van der Waals surface area contributed by atoms with Gasteiger partial charge < -0.3 is 19.5 Å². The van der Waals surface area contributed by atoms with Gasteiger partial charge in [-0.3, -0.25) is 0 Å². The second kappa shape index (κ2) is 7.75. The van der Waals surface area contributed by atoms with Crippen LogP contribution >= 0.6 is 0 Å². The van der Waals surface area contributed by atoms with Gasteiger partial charge in [-0.15, -0.1) is 0 Å². The first kappa shape index (κ1) is 21.0. The van der Waals surface area contributed by atoms with Crippen LogP contribution in [-0.4, -0.2) is 53.5 Å². The number of benzene rings is 2. The molecule has 2 heterocycles. The highest BCUT2D eigenvalue weighted by atomic mass is 32.2. The van der Waals surface area contributed by atoms with Gasteiger partial charge in [-0.05, 0) is 48.4 Å². The van der Waals surface area contributed by atoms with E-state index in [1.807, 2.05) is 6.07 Å². The number of aryl methyl sites for hydroxylation is 1. The summed E-state index contributed by atoms with van der Waals surface area (Å²) in [4.78, 5) is 0.0952. The second-order valence-electron chi connectivity index (χ2n) is 7.47. The Morgan fingerprint density at radius 3 is 2.60 bits per heavy atom. The van der Waals surface area contributed by atoms with Crippen LogP contribution in [-0.2, 0) is 26.2 Å². The van der Waals surface area contributed by atoms with E-state index in [1.165, 1.54) is 19.2 Å². The van der Waals surface area contributed by atoms with E-state index < -0.39 is 36.7 Å². The maximum Gasteiger partial charge on any atom is 0.231 e. The Morgan fingerprint density at radius 2 is 1.87 bits per heavy atom. The Balaban J connectivity index is 1.57. The lowest BCUT2D eigenvalue weighted by Crippen LogP contribution is -2.43. The van der Waals surface area contributed by atoms with Crippen molar-refractivity contribution in [2.75, 3.05) is 25.4 Å². The lowest BCUT2D eigenvalue weighted by atomic mass is 10.2. The molecule has 0 bridgehead atoms. The molecule has 2 aliphatic heterocycles. The molecule has 1 saturated heterocycles. The highest BCUT2D eigenvalue weighted by Gasteiger charge is 2.45. The standard InChI is InChI=1S/C20H23NO7S2/c1-13-7-15(4-6-17(13)26-2)30(24,25)20-11-29(22,23)10-16(20)21-9-14-3-5-18-19(8-14)28-12-27-18/h3-8,16,20-21H,9-12H2,1-2H3/t16-,20-/m1/s1. The smallest absolute Gasteiger partial charge is 0.231 e. The molecule has 10 heteroatoms. The number of fused-ring (bicyclic) bond motifs is 1. The zero-order chi connectivity index (χ0) is 21.5.